The van der Waals surface area contributed by atoms with Gasteiger partial charge in [-0.15, -0.1) is 0 Å². The highest BCUT2D eigenvalue weighted by molar-refractivity contribution is 5.93. The second-order valence-electron chi connectivity index (χ2n) is 4.84. The SMILES string of the molecule is Cc1ccc(-c2cc(C(=O)NCC(C)(O)C(=O)O)n[nH]2)o1. The third-order valence-electron chi connectivity index (χ3n) is 2.87. The minimum atomic E-state index is -2.03. The lowest BCUT2D eigenvalue weighted by Gasteiger charge is -2.17. The summed E-state index contributed by atoms with van der Waals surface area (Å²) in [6.45, 7) is 2.46. The highest BCUT2D eigenvalue weighted by Crippen LogP contribution is 2.20. The lowest BCUT2D eigenvalue weighted by Crippen LogP contribution is -2.46. The van der Waals surface area contributed by atoms with Crippen molar-refractivity contribution in [1.29, 1.82) is 0 Å². The largest absolute Gasteiger partial charge is 0.479 e. The highest BCUT2D eigenvalue weighted by atomic mass is 16.4. The van der Waals surface area contributed by atoms with Crippen LogP contribution < -0.4 is 5.32 Å². The van der Waals surface area contributed by atoms with Crippen molar-refractivity contribution < 1.29 is 24.2 Å². The van der Waals surface area contributed by atoms with Crippen LogP contribution in [0, 0.1) is 6.92 Å². The van der Waals surface area contributed by atoms with E-state index in [0.29, 0.717) is 11.5 Å². The summed E-state index contributed by atoms with van der Waals surface area (Å²) in [5, 5.41) is 27.0. The van der Waals surface area contributed by atoms with Crippen LogP contribution in [0.1, 0.15) is 23.2 Å². The summed E-state index contributed by atoms with van der Waals surface area (Å²) in [5.74, 6) is -0.751. The molecule has 1 amide bonds. The fourth-order valence-electron chi connectivity index (χ4n) is 1.56. The Morgan fingerprint density at radius 2 is 2.19 bits per heavy atom. The molecular weight excluding hydrogens is 278 g/mol. The average molecular weight is 293 g/mol. The molecule has 0 aromatic carbocycles. The lowest BCUT2D eigenvalue weighted by atomic mass is 10.1. The van der Waals surface area contributed by atoms with Crippen molar-refractivity contribution >= 4 is 11.9 Å². The maximum Gasteiger partial charge on any atom is 0.337 e. The fourth-order valence-corrected chi connectivity index (χ4v) is 1.56. The molecule has 0 saturated heterocycles. The van der Waals surface area contributed by atoms with E-state index in [2.05, 4.69) is 15.5 Å². The minimum Gasteiger partial charge on any atom is -0.479 e. The zero-order valence-corrected chi connectivity index (χ0v) is 11.5. The van der Waals surface area contributed by atoms with E-state index in [1.807, 2.05) is 0 Å². The van der Waals surface area contributed by atoms with E-state index in [4.69, 9.17) is 9.52 Å². The molecule has 2 aromatic heterocycles. The summed E-state index contributed by atoms with van der Waals surface area (Å²) in [6.07, 6.45) is 0. The van der Waals surface area contributed by atoms with Crippen molar-refractivity contribution in [1.82, 2.24) is 15.5 Å². The molecule has 0 saturated carbocycles. The van der Waals surface area contributed by atoms with Gasteiger partial charge in [-0.05, 0) is 26.0 Å². The number of carbonyl (C=O) groups is 2. The Labute approximate surface area is 119 Å². The summed E-state index contributed by atoms with van der Waals surface area (Å²) in [6, 6.07) is 4.99. The summed E-state index contributed by atoms with van der Waals surface area (Å²) < 4.78 is 5.39. The standard InChI is InChI=1S/C13H15N3O5/c1-7-3-4-10(21-7)8-5-9(16-15-8)11(17)14-6-13(2,20)12(18)19/h3-5,20H,6H2,1-2H3,(H,14,17)(H,15,16)(H,18,19). The van der Waals surface area contributed by atoms with Gasteiger partial charge in [0.1, 0.15) is 11.5 Å². The number of aliphatic carboxylic acids is 1. The van der Waals surface area contributed by atoms with E-state index < -0.39 is 24.0 Å². The highest BCUT2D eigenvalue weighted by Gasteiger charge is 2.30. The molecule has 21 heavy (non-hydrogen) atoms. The number of rotatable bonds is 5. The quantitative estimate of drug-likeness (QED) is 0.637. The first kappa shape index (κ1) is 14.8. The molecule has 0 aliphatic carbocycles. The van der Waals surface area contributed by atoms with Crippen LogP contribution in [-0.2, 0) is 4.79 Å². The van der Waals surface area contributed by atoms with Crippen LogP contribution in [-0.4, -0.2) is 44.4 Å². The van der Waals surface area contributed by atoms with E-state index in [-0.39, 0.29) is 5.69 Å². The van der Waals surface area contributed by atoms with Gasteiger partial charge in [-0.25, -0.2) is 4.79 Å². The number of aromatic nitrogens is 2. The first-order chi connectivity index (χ1) is 9.79. The second-order valence-corrected chi connectivity index (χ2v) is 4.84. The number of furan rings is 1. The van der Waals surface area contributed by atoms with E-state index in [1.54, 1.807) is 19.1 Å². The molecule has 8 heteroatoms. The molecule has 1 unspecified atom stereocenters. The molecule has 4 N–H and O–H groups in total. The number of aryl methyl sites for hydroxylation is 1. The van der Waals surface area contributed by atoms with Crippen molar-refractivity contribution in [3.05, 3.63) is 29.7 Å². The average Bonchev–Trinajstić information content (AvgIpc) is 3.04. The summed E-state index contributed by atoms with van der Waals surface area (Å²) in [5.41, 5.74) is -1.44. The maximum absolute atomic E-state index is 11.8. The van der Waals surface area contributed by atoms with Crippen LogP contribution in [0.3, 0.4) is 0 Å². The Bertz CT molecular complexity index is 671. The topological polar surface area (TPSA) is 128 Å². The van der Waals surface area contributed by atoms with Gasteiger partial charge in [0.25, 0.3) is 5.91 Å². The van der Waals surface area contributed by atoms with Gasteiger partial charge in [-0.1, -0.05) is 0 Å². The van der Waals surface area contributed by atoms with Crippen molar-refractivity contribution in [3.8, 4) is 11.5 Å². The Morgan fingerprint density at radius 3 is 2.76 bits per heavy atom. The zero-order valence-electron chi connectivity index (χ0n) is 11.5. The number of H-pyrrole nitrogens is 1. The smallest absolute Gasteiger partial charge is 0.337 e. The minimum absolute atomic E-state index is 0.0697. The molecule has 8 nitrogen and oxygen atoms in total. The number of carbonyl (C=O) groups excluding carboxylic acids is 1. The lowest BCUT2D eigenvalue weighted by molar-refractivity contribution is -0.155. The van der Waals surface area contributed by atoms with Gasteiger partial charge in [-0.2, -0.15) is 5.10 Å². The zero-order chi connectivity index (χ0) is 15.6. The number of nitrogens with zero attached hydrogens (tertiary/aromatic N) is 1. The van der Waals surface area contributed by atoms with Gasteiger partial charge in [0, 0.05) is 6.07 Å². The summed E-state index contributed by atoms with van der Waals surface area (Å²) in [4.78, 5) is 22.6. The monoisotopic (exact) mass is 293 g/mol. The molecule has 112 valence electrons. The third kappa shape index (κ3) is 3.29. The van der Waals surface area contributed by atoms with E-state index in [9.17, 15) is 14.7 Å². The van der Waals surface area contributed by atoms with Gasteiger partial charge < -0.3 is 19.9 Å². The van der Waals surface area contributed by atoms with Crippen LogP contribution in [0.25, 0.3) is 11.5 Å². The maximum atomic E-state index is 11.8. The van der Waals surface area contributed by atoms with Crippen LogP contribution in [0.4, 0.5) is 0 Å². The molecule has 0 aliphatic heterocycles. The van der Waals surface area contributed by atoms with Gasteiger partial charge in [0.2, 0.25) is 0 Å². The number of carboxylic acids is 1. The molecule has 0 bridgehead atoms. The third-order valence-corrected chi connectivity index (χ3v) is 2.87. The van der Waals surface area contributed by atoms with E-state index >= 15 is 0 Å². The van der Waals surface area contributed by atoms with Crippen molar-refractivity contribution in [3.63, 3.8) is 0 Å². The van der Waals surface area contributed by atoms with Crippen molar-refractivity contribution in [2.24, 2.45) is 0 Å². The molecule has 1 atom stereocenters. The number of aliphatic hydroxyl groups is 1. The van der Waals surface area contributed by atoms with E-state index in [1.165, 1.54) is 6.07 Å². The number of nitrogens with one attached hydrogen (secondary N) is 2. The Balaban J connectivity index is 2.04. The first-order valence-electron chi connectivity index (χ1n) is 6.16. The summed E-state index contributed by atoms with van der Waals surface area (Å²) >= 11 is 0. The second kappa shape index (κ2) is 5.41. The Kier molecular flexibility index (Phi) is 3.81. The van der Waals surface area contributed by atoms with Crippen LogP contribution in [0.2, 0.25) is 0 Å². The molecule has 0 aliphatic rings. The molecule has 0 radical (unpaired) electrons. The first-order valence-corrected chi connectivity index (χ1v) is 6.16. The van der Waals surface area contributed by atoms with Gasteiger partial charge in [0.05, 0.1) is 6.54 Å². The van der Waals surface area contributed by atoms with Gasteiger partial charge >= 0.3 is 5.97 Å². The number of amides is 1. The number of carboxylic acid groups (broad SMARTS) is 1. The van der Waals surface area contributed by atoms with Crippen molar-refractivity contribution in [2.45, 2.75) is 19.4 Å². The molecule has 0 fully saturated rings. The normalized spacial score (nSPS) is 13.7. The van der Waals surface area contributed by atoms with E-state index in [0.717, 1.165) is 12.7 Å². The predicted octanol–water partition coefficient (Wildman–Crippen LogP) is 0.544. The Hall–Kier alpha value is -2.61. The van der Waals surface area contributed by atoms with Crippen molar-refractivity contribution in [2.75, 3.05) is 6.54 Å². The summed E-state index contributed by atoms with van der Waals surface area (Å²) in [7, 11) is 0. The molecule has 2 heterocycles. The number of hydrogen-bond donors (Lipinski definition) is 4. The predicted molar refractivity (Wildman–Crippen MR) is 71.6 cm³/mol. The number of hydrogen-bond acceptors (Lipinski definition) is 5. The fraction of sp³-hybridized carbons (Fsp3) is 0.308. The molecule has 2 aromatic rings. The Morgan fingerprint density at radius 1 is 1.48 bits per heavy atom. The molecular formula is C13H15N3O5. The van der Waals surface area contributed by atoms with Crippen LogP contribution in [0.5, 0.6) is 0 Å². The van der Waals surface area contributed by atoms with Crippen LogP contribution >= 0.6 is 0 Å². The molecule has 2 rings (SSSR count). The van der Waals surface area contributed by atoms with Gasteiger partial charge in [0.15, 0.2) is 17.1 Å². The van der Waals surface area contributed by atoms with Gasteiger partial charge in [-0.3, -0.25) is 9.89 Å². The number of aromatic amines is 1. The molecule has 0 spiro atoms. The van der Waals surface area contributed by atoms with Crippen LogP contribution in [0.15, 0.2) is 22.6 Å².